The van der Waals surface area contributed by atoms with Crippen LogP contribution in [0.25, 0.3) is 0 Å². The maximum atomic E-state index is 12.3. The molecule has 134 valence electrons. The van der Waals surface area contributed by atoms with Crippen LogP contribution in [0, 0.1) is 17.8 Å². The van der Waals surface area contributed by atoms with Crippen molar-refractivity contribution in [1.29, 1.82) is 0 Å². The van der Waals surface area contributed by atoms with Crippen molar-refractivity contribution in [3.05, 3.63) is 29.3 Å². The highest BCUT2D eigenvalue weighted by Crippen LogP contribution is 2.49. The normalized spacial score (nSPS) is 24.0. The Hall–Kier alpha value is -2.37. The lowest BCUT2D eigenvalue weighted by molar-refractivity contribution is -0.135. The van der Waals surface area contributed by atoms with E-state index in [1.807, 2.05) is 0 Å². The zero-order valence-corrected chi connectivity index (χ0v) is 14.4. The summed E-state index contributed by atoms with van der Waals surface area (Å²) in [6.07, 6.45) is 5.17. The van der Waals surface area contributed by atoms with E-state index in [1.54, 1.807) is 0 Å². The van der Waals surface area contributed by atoms with E-state index in [-0.39, 0.29) is 22.8 Å². The summed E-state index contributed by atoms with van der Waals surface area (Å²) in [5, 5.41) is 0. The van der Waals surface area contributed by atoms with Gasteiger partial charge in [0, 0.05) is 6.42 Å². The van der Waals surface area contributed by atoms with Gasteiger partial charge in [-0.1, -0.05) is 6.42 Å². The second-order valence-electron chi connectivity index (χ2n) is 6.84. The highest BCUT2D eigenvalue weighted by atomic mass is 16.5. The lowest BCUT2D eigenvalue weighted by Gasteiger charge is -2.20. The van der Waals surface area contributed by atoms with Gasteiger partial charge in [-0.25, -0.2) is 9.59 Å². The van der Waals surface area contributed by atoms with Crippen LogP contribution >= 0.6 is 0 Å². The number of ether oxygens (including phenoxy) is 3. The summed E-state index contributed by atoms with van der Waals surface area (Å²) < 4.78 is 14.7. The van der Waals surface area contributed by atoms with Crippen molar-refractivity contribution in [2.75, 3.05) is 14.2 Å². The van der Waals surface area contributed by atoms with E-state index < -0.39 is 11.9 Å². The summed E-state index contributed by atoms with van der Waals surface area (Å²) in [4.78, 5) is 35.8. The van der Waals surface area contributed by atoms with E-state index >= 15 is 0 Å². The quantitative estimate of drug-likeness (QED) is 0.602. The average Bonchev–Trinajstić information content (AvgIpc) is 3.22. The predicted octanol–water partition coefficient (Wildman–Crippen LogP) is 2.99. The molecule has 0 unspecified atom stereocenters. The molecule has 0 N–H and O–H groups in total. The third kappa shape index (κ3) is 3.83. The molecule has 0 radical (unpaired) electrons. The number of rotatable bonds is 5. The van der Waals surface area contributed by atoms with Gasteiger partial charge < -0.3 is 14.2 Å². The molecular formula is C19H22O6. The van der Waals surface area contributed by atoms with Gasteiger partial charge in [0.25, 0.3) is 0 Å². The van der Waals surface area contributed by atoms with Gasteiger partial charge in [0.1, 0.15) is 5.75 Å². The number of hydrogen-bond acceptors (Lipinski definition) is 6. The molecule has 1 aromatic rings. The van der Waals surface area contributed by atoms with E-state index in [1.165, 1.54) is 51.7 Å². The van der Waals surface area contributed by atoms with E-state index in [2.05, 4.69) is 9.47 Å². The molecule has 6 nitrogen and oxygen atoms in total. The summed E-state index contributed by atoms with van der Waals surface area (Å²) in [6, 6.07) is 4.15. The van der Waals surface area contributed by atoms with E-state index in [9.17, 15) is 14.4 Å². The summed E-state index contributed by atoms with van der Waals surface area (Å²) >= 11 is 0. The first kappa shape index (κ1) is 17.5. The zero-order valence-electron chi connectivity index (χ0n) is 14.4. The van der Waals surface area contributed by atoms with Crippen LogP contribution < -0.4 is 4.74 Å². The number of carbonyl (C=O) groups excluding carboxylic acids is 3. The van der Waals surface area contributed by atoms with Gasteiger partial charge in [-0.3, -0.25) is 4.79 Å². The molecule has 1 aromatic carbocycles. The minimum absolute atomic E-state index is 0.133. The van der Waals surface area contributed by atoms with Gasteiger partial charge in [0.15, 0.2) is 0 Å². The Kier molecular flexibility index (Phi) is 5.06. The second kappa shape index (κ2) is 7.25. The van der Waals surface area contributed by atoms with Crippen molar-refractivity contribution < 1.29 is 28.6 Å². The zero-order chi connectivity index (χ0) is 18.0. The fourth-order valence-corrected chi connectivity index (χ4v) is 4.14. The van der Waals surface area contributed by atoms with Crippen LogP contribution in [0.3, 0.4) is 0 Å². The van der Waals surface area contributed by atoms with Crippen molar-refractivity contribution >= 4 is 17.9 Å². The molecule has 25 heavy (non-hydrogen) atoms. The molecule has 2 bridgehead atoms. The molecule has 3 atom stereocenters. The van der Waals surface area contributed by atoms with Crippen LogP contribution in [0.2, 0.25) is 0 Å². The Labute approximate surface area is 146 Å². The molecule has 0 amide bonds. The van der Waals surface area contributed by atoms with Crippen LogP contribution in [-0.4, -0.2) is 32.1 Å². The van der Waals surface area contributed by atoms with Gasteiger partial charge in [0.05, 0.1) is 25.3 Å². The predicted molar refractivity (Wildman–Crippen MR) is 88.3 cm³/mol. The Morgan fingerprint density at radius 1 is 0.960 bits per heavy atom. The summed E-state index contributed by atoms with van der Waals surface area (Å²) in [5.41, 5.74) is 0.265. The minimum Gasteiger partial charge on any atom is -0.465 e. The number of carbonyl (C=O) groups is 3. The van der Waals surface area contributed by atoms with Crippen molar-refractivity contribution in [2.45, 2.75) is 32.1 Å². The Morgan fingerprint density at radius 3 is 2.08 bits per heavy atom. The van der Waals surface area contributed by atoms with Crippen LogP contribution in [0.15, 0.2) is 18.2 Å². The van der Waals surface area contributed by atoms with Crippen LogP contribution in [0.5, 0.6) is 5.75 Å². The first-order chi connectivity index (χ1) is 12.0. The topological polar surface area (TPSA) is 78.9 Å². The highest BCUT2D eigenvalue weighted by Gasteiger charge is 2.40. The number of fused-ring (bicyclic) bond motifs is 2. The third-order valence-electron chi connectivity index (χ3n) is 5.29. The van der Waals surface area contributed by atoms with E-state index in [0.717, 1.165) is 12.3 Å². The number of hydrogen-bond donors (Lipinski definition) is 0. The van der Waals surface area contributed by atoms with Gasteiger partial charge in [0.2, 0.25) is 0 Å². The minimum atomic E-state index is -0.615. The molecule has 0 spiro atoms. The summed E-state index contributed by atoms with van der Waals surface area (Å²) in [6.45, 7) is 0. The largest absolute Gasteiger partial charge is 0.465 e. The Morgan fingerprint density at radius 2 is 1.60 bits per heavy atom. The van der Waals surface area contributed by atoms with E-state index in [0.29, 0.717) is 18.3 Å². The fraction of sp³-hybridized carbons (Fsp3) is 0.526. The first-order valence-corrected chi connectivity index (χ1v) is 8.52. The highest BCUT2D eigenvalue weighted by molar-refractivity contribution is 5.96. The molecule has 2 fully saturated rings. The Balaban J connectivity index is 1.72. The molecule has 0 saturated heterocycles. The van der Waals surface area contributed by atoms with E-state index in [4.69, 9.17) is 4.74 Å². The molecule has 0 heterocycles. The molecular weight excluding hydrogens is 324 g/mol. The van der Waals surface area contributed by atoms with Crippen molar-refractivity contribution in [3.63, 3.8) is 0 Å². The van der Waals surface area contributed by atoms with Crippen LogP contribution in [0.1, 0.15) is 52.8 Å². The monoisotopic (exact) mass is 346 g/mol. The van der Waals surface area contributed by atoms with Crippen LogP contribution in [-0.2, 0) is 14.3 Å². The number of esters is 3. The number of methoxy groups -OCH3 is 2. The lowest BCUT2D eigenvalue weighted by atomic mass is 9.86. The lowest BCUT2D eigenvalue weighted by Crippen LogP contribution is -2.19. The van der Waals surface area contributed by atoms with Gasteiger partial charge in [-0.2, -0.15) is 0 Å². The van der Waals surface area contributed by atoms with Gasteiger partial charge in [-0.05, 0) is 55.2 Å². The Bertz CT molecular complexity index is 661. The third-order valence-corrected chi connectivity index (χ3v) is 5.29. The summed E-state index contributed by atoms with van der Waals surface area (Å²) in [5.74, 6) is 0.357. The standard InChI is InChI=1S/C19H22O6/c1-23-18(21)14-7-15(19(22)24-2)9-16(8-14)25-17(20)10-13-6-11-3-4-12(13)5-11/h7-9,11-13H,3-6,10H2,1-2H3/t11-,12-,13-/m0/s1. The fourth-order valence-electron chi connectivity index (χ4n) is 4.14. The summed E-state index contributed by atoms with van der Waals surface area (Å²) in [7, 11) is 2.49. The van der Waals surface area contributed by atoms with Gasteiger partial charge >= 0.3 is 17.9 Å². The number of benzene rings is 1. The van der Waals surface area contributed by atoms with Crippen molar-refractivity contribution in [3.8, 4) is 5.75 Å². The average molecular weight is 346 g/mol. The van der Waals surface area contributed by atoms with Crippen molar-refractivity contribution in [2.24, 2.45) is 17.8 Å². The molecule has 0 aromatic heterocycles. The van der Waals surface area contributed by atoms with Gasteiger partial charge in [-0.15, -0.1) is 0 Å². The maximum Gasteiger partial charge on any atom is 0.338 e. The molecule has 2 saturated carbocycles. The molecule has 2 aliphatic carbocycles. The smallest absolute Gasteiger partial charge is 0.338 e. The second-order valence-corrected chi connectivity index (χ2v) is 6.84. The SMILES string of the molecule is COC(=O)c1cc(OC(=O)C[C@@H]2C[C@H]3CC[C@H]2C3)cc(C(=O)OC)c1. The molecule has 6 heteroatoms. The molecule has 0 aliphatic heterocycles. The van der Waals surface area contributed by atoms with Crippen LogP contribution in [0.4, 0.5) is 0 Å². The molecule has 2 aliphatic rings. The van der Waals surface area contributed by atoms with Crippen molar-refractivity contribution in [1.82, 2.24) is 0 Å². The first-order valence-electron chi connectivity index (χ1n) is 8.52. The maximum absolute atomic E-state index is 12.3. The molecule has 3 rings (SSSR count).